The molecule has 32 heavy (non-hydrogen) atoms. The maximum absolute atomic E-state index is 12.9. The van der Waals surface area contributed by atoms with E-state index in [2.05, 4.69) is 15.0 Å². The standard InChI is InChI=1S/C22H22ClN5O3S/c1-22(2,3)20-25-16-15(19(29)28(5)21(30)27(16)4)18(26-20)32-11-14-10-31-17(24-14)12-6-8-13(23)9-7-12/h6-10H,11H2,1-5H3. The topological polar surface area (TPSA) is 95.8 Å². The van der Waals surface area contributed by atoms with E-state index in [0.29, 0.717) is 44.2 Å². The molecule has 3 aromatic heterocycles. The van der Waals surface area contributed by atoms with E-state index >= 15 is 0 Å². The molecule has 0 saturated carbocycles. The van der Waals surface area contributed by atoms with Gasteiger partial charge in [0.2, 0.25) is 5.89 Å². The van der Waals surface area contributed by atoms with Crippen molar-refractivity contribution in [3.05, 3.63) is 67.9 Å². The minimum atomic E-state index is -0.430. The molecule has 1 aromatic carbocycles. The number of thioether (sulfide) groups is 1. The van der Waals surface area contributed by atoms with Crippen LogP contribution >= 0.6 is 23.4 Å². The number of hydrogen-bond acceptors (Lipinski definition) is 7. The van der Waals surface area contributed by atoms with E-state index in [1.165, 1.54) is 23.4 Å². The zero-order valence-electron chi connectivity index (χ0n) is 18.3. The lowest BCUT2D eigenvalue weighted by Gasteiger charge is -2.19. The van der Waals surface area contributed by atoms with Crippen molar-refractivity contribution in [3.63, 3.8) is 0 Å². The van der Waals surface area contributed by atoms with E-state index in [1.54, 1.807) is 25.4 Å². The van der Waals surface area contributed by atoms with E-state index in [4.69, 9.17) is 16.0 Å². The SMILES string of the molecule is Cn1c(=O)c2c(SCc3coc(-c4ccc(Cl)cc4)n3)nc(C(C)(C)C)nc2n(C)c1=O. The molecular weight excluding hydrogens is 450 g/mol. The summed E-state index contributed by atoms with van der Waals surface area (Å²) in [6.45, 7) is 5.95. The van der Waals surface area contributed by atoms with Gasteiger partial charge in [-0.2, -0.15) is 0 Å². The molecule has 0 unspecified atom stereocenters. The molecule has 166 valence electrons. The molecule has 4 aromatic rings. The van der Waals surface area contributed by atoms with Gasteiger partial charge in [-0.3, -0.25) is 13.9 Å². The first-order valence-corrected chi connectivity index (χ1v) is 11.2. The van der Waals surface area contributed by atoms with Crippen LogP contribution in [0, 0.1) is 0 Å². The van der Waals surface area contributed by atoms with Gasteiger partial charge in [0, 0.05) is 35.8 Å². The van der Waals surface area contributed by atoms with Crippen molar-refractivity contribution in [1.82, 2.24) is 24.1 Å². The summed E-state index contributed by atoms with van der Waals surface area (Å²) in [5, 5.41) is 1.46. The van der Waals surface area contributed by atoms with Gasteiger partial charge in [0.05, 0.1) is 5.69 Å². The number of hydrogen-bond donors (Lipinski definition) is 0. The quantitative estimate of drug-likeness (QED) is 0.328. The van der Waals surface area contributed by atoms with Crippen LogP contribution in [-0.2, 0) is 25.3 Å². The second-order valence-corrected chi connectivity index (χ2v) is 9.85. The van der Waals surface area contributed by atoms with Crippen molar-refractivity contribution >= 4 is 34.4 Å². The van der Waals surface area contributed by atoms with Crippen LogP contribution in [0.1, 0.15) is 32.3 Å². The maximum Gasteiger partial charge on any atom is 0.332 e. The molecule has 10 heteroatoms. The predicted octanol–water partition coefficient (Wildman–Crippen LogP) is 3.93. The first-order valence-electron chi connectivity index (χ1n) is 9.87. The Bertz CT molecular complexity index is 1430. The van der Waals surface area contributed by atoms with Crippen molar-refractivity contribution in [3.8, 4) is 11.5 Å². The molecular formula is C22H22ClN5O3S. The van der Waals surface area contributed by atoms with E-state index in [0.717, 1.165) is 10.1 Å². The lowest BCUT2D eigenvalue weighted by Crippen LogP contribution is -2.38. The van der Waals surface area contributed by atoms with Crippen molar-refractivity contribution in [2.75, 3.05) is 0 Å². The van der Waals surface area contributed by atoms with Gasteiger partial charge in [-0.05, 0) is 24.3 Å². The normalized spacial score (nSPS) is 11.9. The molecule has 0 radical (unpaired) electrons. The third-order valence-corrected chi connectivity index (χ3v) is 6.20. The summed E-state index contributed by atoms with van der Waals surface area (Å²) in [6, 6.07) is 7.22. The molecule has 0 fully saturated rings. The first kappa shape index (κ1) is 22.3. The molecule has 0 saturated heterocycles. The number of fused-ring (bicyclic) bond motifs is 1. The fourth-order valence-corrected chi connectivity index (χ4v) is 4.13. The number of nitrogens with zero attached hydrogens (tertiary/aromatic N) is 5. The third kappa shape index (κ3) is 4.10. The summed E-state index contributed by atoms with van der Waals surface area (Å²) in [5.41, 5.74) is 0.621. The Morgan fingerprint density at radius 3 is 2.38 bits per heavy atom. The largest absolute Gasteiger partial charge is 0.444 e. The van der Waals surface area contributed by atoms with Crippen LogP contribution in [0.2, 0.25) is 5.02 Å². The highest BCUT2D eigenvalue weighted by Crippen LogP contribution is 2.30. The lowest BCUT2D eigenvalue weighted by molar-refractivity contribution is 0.539. The number of halogens is 1. The number of aromatic nitrogens is 5. The lowest BCUT2D eigenvalue weighted by atomic mass is 9.96. The van der Waals surface area contributed by atoms with Crippen LogP contribution in [0.25, 0.3) is 22.5 Å². The molecule has 0 bridgehead atoms. The van der Waals surface area contributed by atoms with E-state index in [1.807, 2.05) is 32.9 Å². The summed E-state index contributed by atoms with van der Waals surface area (Å²) in [5.74, 6) is 1.47. The summed E-state index contributed by atoms with van der Waals surface area (Å²) in [6.07, 6.45) is 1.58. The van der Waals surface area contributed by atoms with Gasteiger partial charge in [-0.15, -0.1) is 0 Å². The molecule has 0 atom stereocenters. The summed E-state index contributed by atoms with van der Waals surface area (Å²) in [4.78, 5) is 39.1. The number of rotatable bonds is 4. The molecule has 0 spiro atoms. The Labute approximate surface area is 193 Å². The van der Waals surface area contributed by atoms with Crippen molar-refractivity contribution in [1.29, 1.82) is 0 Å². The van der Waals surface area contributed by atoms with Gasteiger partial charge in [0.25, 0.3) is 5.56 Å². The Kier molecular flexibility index (Phi) is 5.72. The van der Waals surface area contributed by atoms with Gasteiger partial charge in [0.1, 0.15) is 22.5 Å². The Morgan fingerprint density at radius 1 is 1.03 bits per heavy atom. The Hall–Kier alpha value is -2.91. The number of benzene rings is 1. The van der Waals surface area contributed by atoms with Gasteiger partial charge < -0.3 is 4.42 Å². The van der Waals surface area contributed by atoms with Gasteiger partial charge in [-0.1, -0.05) is 44.1 Å². The molecule has 4 rings (SSSR count). The van der Waals surface area contributed by atoms with Crippen LogP contribution in [0.15, 0.2) is 49.6 Å². The van der Waals surface area contributed by atoms with Crippen molar-refractivity contribution in [2.45, 2.75) is 37.0 Å². The van der Waals surface area contributed by atoms with Crippen molar-refractivity contribution < 1.29 is 4.42 Å². The third-order valence-electron chi connectivity index (χ3n) is 4.94. The molecule has 8 nitrogen and oxygen atoms in total. The highest BCUT2D eigenvalue weighted by Gasteiger charge is 2.24. The smallest absolute Gasteiger partial charge is 0.332 e. The van der Waals surface area contributed by atoms with Crippen LogP contribution in [0.4, 0.5) is 0 Å². The molecule has 0 N–H and O–H groups in total. The van der Waals surface area contributed by atoms with E-state index in [-0.39, 0.29) is 5.41 Å². The second kappa shape index (κ2) is 8.22. The minimum Gasteiger partial charge on any atom is -0.444 e. The number of oxazole rings is 1. The summed E-state index contributed by atoms with van der Waals surface area (Å²) >= 11 is 7.30. The summed E-state index contributed by atoms with van der Waals surface area (Å²) in [7, 11) is 3.06. The zero-order valence-corrected chi connectivity index (χ0v) is 19.9. The molecule has 0 aliphatic rings. The highest BCUT2D eigenvalue weighted by atomic mass is 35.5. The van der Waals surface area contributed by atoms with Gasteiger partial charge >= 0.3 is 5.69 Å². The average molecular weight is 472 g/mol. The van der Waals surface area contributed by atoms with Gasteiger partial charge in [0.15, 0.2) is 5.65 Å². The minimum absolute atomic E-state index is 0.314. The molecule has 3 heterocycles. The monoisotopic (exact) mass is 471 g/mol. The molecule has 0 aliphatic heterocycles. The fourth-order valence-electron chi connectivity index (χ4n) is 3.11. The summed E-state index contributed by atoms with van der Waals surface area (Å²) < 4.78 is 8.06. The van der Waals surface area contributed by atoms with Crippen LogP contribution in [-0.4, -0.2) is 24.1 Å². The number of aryl methyl sites for hydroxylation is 1. The maximum atomic E-state index is 12.9. The molecule has 0 aliphatic carbocycles. The van der Waals surface area contributed by atoms with Crippen LogP contribution in [0.5, 0.6) is 0 Å². The predicted molar refractivity (Wildman–Crippen MR) is 125 cm³/mol. The van der Waals surface area contributed by atoms with E-state index < -0.39 is 11.2 Å². The van der Waals surface area contributed by atoms with E-state index in [9.17, 15) is 9.59 Å². The fraction of sp³-hybridized carbons (Fsp3) is 0.318. The Balaban J connectivity index is 1.75. The van der Waals surface area contributed by atoms with Crippen LogP contribution in [0.3, 0.4) is 0 Å². The molecule has 0 amide bonds. The average Bonchev–Trinajstić information content (AvgIpc) is 3.23. The first-order chi connectivity index (χ1) is 15.1. The highest BCUT2D eigenvalue weighted by molar-refractivity contribution is 7.98. The Morgan fingerprint density at radius 2 is 1.72 bits per heavy atom. The van der Waals surface area contributed by atoms with Crippen LogP contribution < -0.4 is 11.2 Å². The second-order valence-electron chi connectivity index (χ2n) is 8.45. The van der Waals surface area contributed by atoms with Crippen molar-refractivity contribution in [2.24, 2.45) is 14.1 Å². The van der Waals surface area contributed by atoms with Gasteiger partial charge in [-0.25, -0.2) is 19.7 Å². The zero-order chi connectivity index (χ0) is 23.2.